The molecule has 0 fully saturated rings. The second kappa shape index (κ2) is 6.42. The minimum absolute atomic E-state index is 0.00202. The van der Waals surface area contributed by atoms with E-state index in [0.29, 0.717) is 11.3 Å². The molecule has 2 aromatic rings. The lowest BCUT2D eigenvalue weighted by Crippen LogP contribution is -2.21. The molecule has 0 atom stereocenters. The van der Waals surface area contributed by atoms with Crippen LogP contribution in [0.2, 0.25) is 0 Å². The summed E-state index contributed by atoms with van der Waals surface area (Å²) in [6.45, 7) is -0.333. The van der Waals surface area contributed by atoms with Gasteiger partial charge in [-0.3, -0.25) is 4.79 Å². The summed E-state index contributed by atoms with van der Waals surface area (Å²) in [5, 5.41) is 0. The highest BCUT2D eigenvalue weighted by Crippen LogP contribution is 2.16. The van der Waals surface area contributed by atoms with Crippen LogP contribution in [-0.4, -0.2) is 18.5 Å². The number of esters is 1. The molecule has 2 rings (SSSR count). The van der Waals surface area contributed by atoms with Crippen molar-refractivity contribution >= 4 is 11.9 Å². The van der Waals surface area contributed by atoms with Gasteiger partial charge in [0.05, 0.1) is 6.26 Å². The average molecular weight is 275 g/mol. The standard InChI is InChI=1S/C14H13NO5/c15-12(16)9-20-14(17)13-10(6-7-18-13)8-19-11-4-2-1-3-5-11/h1-7H,8-9H2,(H2,15,16). The van der Waals surface area contributed by atoms with Crippen LogP contribution in [0.25, 0.3) is 0 Å². The van der Waals surface area contributed by atoms with Gasteiger partial charge in [-0.1, -0.05) is 18.2 Å². The van der Waals surface area contributed by atoms with E-state index in [9.17, 15) is 9.59 Å². The number of para-hydroxylation sites is 1. The van der Waals surface area contributed by atoms with Gasteiger partial charge in [-0.25, -0.2) is 4.79 Å². The molecule has 0 aliphatic rings. The van der Waals surface area contributed by atoms with Gasteiger partial charge in [-0.2, -0.15) is 0 Å². The summed E-state index contributed by atoms with van der Waals surface area (Å²) in [6.07, 6.45) is 1.35. The summed E-state index contributed by atoms with van der Waals surface area (Å²) in [4.78, 5) is 22.2. The largest absolute Gasteiger partial charge is 0.489 e. The third kappa shape index (κ3) is 3.61. The van der Waals surface area contributed by atoms with Crippen molar-refractivity contribution in [1.29, 1.82) is 0 Å². The van der Waals surface area contributed by atoms with E-state index in [1.54, 1.807) is 18.2 Å². The van der Waals surface area contributed by atoms with Gasteiger partial charge in [0.1, 0.15) is 12.4 Å². The van der Waals surface area contributed by atoms with Gasteiger partial charge in [0, 0.05) is 5.56 Å². The predicted molar refractivity (Wildman–Crippen MR) is 69.0 cm³/mol. The van der Waals surface area contributed by atoms with Crippen LogP contribution in [0.15, 0.2) is 47.1 Å². The summed E-state index contributed by atoms with van der Waals surface area (Å²) in [7, 11) is 0. The molecule has 1 aromatic heterocycles. The number of furan rings is 1. The Morgan fingerprint density at radius 1 is 1.15 bits per heavy atom. The third-order valence-electron chi connectivity index (χ3n) is 2.42. The monoisotopic (exact) mass is 275 g/mol. The fraction of sp³-hybridized carbons (Fsp3) is 0.143. The molecule has 2 N–H and O–H groups in total. The lowest BCUT2D eigenvalue weighted by atomic mass is 10.2. The Hall–Kier alpha value is -2.76. The predicted octanol–water partition coefficient (Wildman–Crippen LogP) is 1.50. The summed E-state index contributed by atoms with van der Waals surface area (Å²) in [5.74, 6) is -0.806. The number of rotatable bonds is 6. The first-order chi connectivity index (χ1) is 9.66. The first-order valence-corrected chi connectivity index (χ1v) is 5.86. The molecule has 0 aliphatic carbocycles. The molecular formula is C14H13NO5. The number of ether oxygens (including phenoxy) is 2. The van der Waals surface area contributed by atoms with Crippen LogP contribution in [-0.2, 0) is 16.1 Å². The smallest absolute Gasteiger partial charge is 0.375 e. The number of hydrogen-bond acceptors (Lipinski definition) is 5. The summed E-state index contributed by atoms with van der Waals surface area (Å²) < 4.78 is 15.2. The molecule has 0 aliphatic heterocycles. The average Bonchev–Trinajstić information content (AvgIpc) is 2.92. The second-order valence-corrected chi connectivity index (χ2v) is 3.92. The molecular weight excluding hydrogens is 262 g/mol. The van der Waals surface area contributed by atoms with Crippen molar-refractivity contribution in [2.45, 2.75) is 6.61 Å². The van der Waals surface area contributed by atoms with E-state index in [2.05, 4.69) is 4.74 Å². The molecule has 6 heteroatoms. The fourth-order valence-electron chi connectivity index (χ4n) is 1.51. The van der Waals surface area contributed by atoms with Gasteiger partial charge in [0.2, 0.25) is 5.76 Å². The minimum Gasteiger partial charge on any atom is -0.489 e. The Bertz CT molecular complexity index is 591. The second-order valence-electron chi connectivity index (χ2n) is 3.92. The molecule has 1 heterocycles. The molecule has 20 heavy (non-hydrogen) atoms. The number of primary amides is 1. The summed E-state index contributed by atoms with van der Waals surface area (Å²) in [5.41, 5.74) is 5.43. The lowest BCUT2D eigenvalue weighted by Gasteiger charge is -2.06. The Balaban J connectivity index is 1.98. The normalized spacial score (nSPS) is 10.0. The van der Waals surface area contributed by atoms with Crippen molar-refractivity contribution in [3.8, 4) is 5.75 Å². The van der Waals surface area contributed by atoms with E-state index in [1.807, 2.05) is 18.2 Å². The van der Waals surface area contributed by atoms with E-state index < -0.39 is 18.5 Å². The first kappa shape index (κ1) is 13.7. The SMILES string of the molecule is NC(=O)COC(=O)c1occc1COc1ccccc1. The Labute approximate surface area is 115 Å². The van der Waals surface area contributed by atoms with Gasteiger partial charge in [-0.05, 0) is 18.2 Å². The number of carbonyl (C=O) groups is 2. The number of benzene rings is 1. The Morgan fingerprint density at radius 2 is 1.90 bits per heavy atom. The molecule has 6 nitrogen and oxygen atoms in total. The van der Waals surface area contributed by atoms with Crippen LogP contribution in [0, 0.1) is 0 Å². The number of nitrogens with two attached hydrogens (primary N) is 1. The van der Waals surface area contributed by atoms with E-state index >= 15 is 0 Å². The maximum Gasteiger partial charge on any atom is 0.375 e. The first-order valence-electron chi connectivity index (χ1n) is 5.86. The van der Waals surface area contributed by atoms with Crippen LogP contribution in [0.4, 0.5) is 0 Å². The molecule has 0 saturated heterocycles. The van der Waals surface area contributed by atoms with Gasteiger partial charge < -0.3 is 19.6 Å². The zero-order valence-electron chi connectivity index (χ0n) is 10.6. The van der Waals surface area contributed by atoms with Gasteiger partial charge in [0.25, 0.3) is 5.91 Å². The highest BCUT2D eigenvalue weighted by molar-refractivity contribution is 5.89. The maximum atomic E-state index is 11.7. The zero-order valence-corrected chi connectivity index (χ0v) is 10.6. The molecule has 0 spiro atoms. The quantitative estimate of drug-likeness (QED) is 0.806. The van der Waals surface area contributed by atoms with Crippen molar-refractivity contribution in [3.05, 3.63) is 54.0 Å². The van der Waals surface area contributed by atoms with Crippen LogP contribution in [0.5, 0.6) is 5.75 Å². The molecule has 1 amide bonds. The number of hydrogen-bond donors (Lipinski definition) is 1. The van der Waals surface area contributed by atoms with Gasteiger partial charge >= 0.3 is 5.97 Å². The van der Waals surface area contributed by atoms with E-state index in [1.165, 1.54) is 6.26 Å². The highest BCUT2D eigenvalue weighted by atomic mass is 16.5. The Morgan fingerprint density at radius 3 is 2.60 bits per heavy atom. The molecule has 0 radical (unpaired) electrons. The van der Waals surface area contributed by atoms with E-state index in [4.69, 9.17) is 14.9 Å². The maximum absolute atomic E-state index is 11.7. The van der Waals surface area contributed by atoms with Crippen molar-refractivity contribution in [2.75, 3.05) is 6.61 Å². The van der Waals surface area contributed by atoms with Crippen molar-refractivity contribution in [1.82, 2.24) is 0 Å². The summed E-state index contributed by atoms with van der Waals surface area (Å²) in [6, 6.07) is 10.7. The van der Waals surface area contributed by atoms with E-state index in [-0.39, 0.29) is 12.4 Å². The number of amides is 1. The molecule has 1 aromatic carbocycles. The van der Waals surface area contributed by atoms with Gasteiger partial charge in [-0.15, -0.1) is 0 Å². The topological polar surface area (TPSA) is 91.8 Å². The van der Waals surface area contributed by atoms with Gasteiger partial charge in [0.15, 0.2) is 6.61 Å². The molecule has 0 unspecified atom stereocenters. The minimum atomic E-state index is -0.750. The zero-order chi connectivity index (χ0) is 14.4. The van der Waals surface area contributed by atoms with Crippen LogP contribution < -0.4 is 10.5 Å². The molecule has 0 saturated carbocycles. The van der Waals surface area contributed by atoms with Crippen molar-refractivity contribution in [3.63, 3.8) is 0 Å². The fourth-order valence-corrected chi connectivity index (χ4v) is 1.51. The molecule has 0 bridgehead atoms. The van der Waals surface area contributed by atoms with Crippen molar-refractivity contribution in [2.24, 2.45) is 5.73 Å². The van der Waals surface area contributed by atoms with Crippen molar-refractivity contribution < 1.29 is 23.5 Å². The third-order valence-corrected chi connectivity index (χ3v) is 2.42. The lowest BCUT2D eigenvalue weighted by molar-refractivity contribution is -0.121. The van der Waals surface area contributed by atoms with E-state index in [0.717, 1.165) is 0 Å². The highest BCUT2D eigenvalue weighted by Gasteiger charge is 2.18. The van der Waals surface area contributed by atoms with Crippen LogP contribution >= 0.6 is 0 Å². The number of carbonyl (C=O) groups excluding carboxylic acids is 2. The van der Waals surface area contributed by atoms with Crippen LogP contribution in [0.3, 0.4) is 0 Å². The van der Waals surface area contributed by atoms with Crippen LogP contribution in [0.1, 0.15) is 16.1 Å². The summed E-state index contributed by atoms with van der Waals surface area (Å²) >= 11 is 0. The molecule has 104 valence electrons. The Kier molecular flexibility index (Phi) is 4.39.